The molecule has 0 heterocycles. The molecule has 0 unspecified atom stereocenters. The van der Waals surface area contributed by atoms with Crippen molar-refractivity contribution in [3.05, 3.63) is 29.6 Å². The lowest BCUT2D eigenvalue weighted by molar-refractivity contribution is 0.244. The quantitative estimate of drug-likeness (QED) is 0.786. The van der Waals surface area contributed by atoms with Gasteiger partial charge in [-0.2, -0.15) is 0 Å². The van der Waals surface area contributed by atoms with Gasteiger partial charge in [0, 0.05) is 23.8 Å². The van der Waals surface area contributed by atoms with Crippen molar-refractivity contribution in [2.24, 2.45) is 5.73 Å². The number of benzene rings is 1. The molecule has 1 aromatic rings. The standard InChI is InChI=1S/C14H20FN3O/c15-12-7-4-8-13(11(12)9-16)18-14(19)17-10-5-2-1-3-6-10/h4,7-8,10H,1-3,5-6,9,16H2,(H2,17,18,19). The molecule has 1 fully saturated rings. The van der Waals surface area contributed by atoms with Gasteiger partial charge in [-0.3, -0.25) is 0 Å². The maximum absolute atomic E-state index is 13.5. The van der Waals surface area contributed by atoms with Gasteiger partial charge in [0.15, 0.2) is 0 Å². The number of amides is 2. The van der Waals surface area contributed by atoms with Crippen LogP contribution in [0.1, 0.15) is 37.7 Å². The first-order chi connectivity index (χ1) is 9.20. The second-order valence-electron chi connectivity index (χ2n) is 4.90. The SMILES string of the molecule is NCc1c(F)cccc1NC(=O)NC1CCCCC1. The summed E-state index contributed by atoms with van der Waals surface area (Å²) >= 11 is 0. The van der Waals surface area contributed by atoms with Gasteiger partial charge < -0.3 is 16.4 Å². The van der Waals surface area contributed by atoms with Crippen molar-refractivity contribution in [1.82, 2.24) is 5.32 Å². The van der Waals surface area contributed by atoms with E-state index >= 15 is 0 Å². The molecule has 0 aromatic heterocycles. The van der Waals surface area contributed by atoms with Gasteiger partial charge in [0.1, 0.15) is 5.82 Å². The summed E-state index contributed by atoms with van der Waals surface area (Å²) in [6.45, 7) is 0.0612. The Morgan fingerprint density at radius 3 is 2.74 bits per heavy atom. The summed E-state index contributed by atoms with van der Waals surface area (Å²) in [5.74, 6) is -0.391. The van der Waals surface area contributed by atoms with Gasteiger partial charge >= 0.3 is 6.03 Å². The number of urea groups is 1. The first-order valence-electron chi connectivity index (χ1n) is 6.75. The molecular weight excluding hydrogens is 245 g/mol. The van der Waals surface area contributed by atoms with Crippen LogP contribution in [-0.4, -0.2) is 12.1 Å². The Morgan fingerprint density at radius 2 is 2.05 bits per heavy atom. The van der Waals surface area contributed by atoms with Crippen molar-refractivity contribution in [2.45, 2.75) is 44.7 Å². The Morgan fingerprint density at radius 1 is 1.32 bits per heavy atom. The number of carbonyl (C=O) groups is 1. The summed E-state index contributed by atoms with van der Waals surface area (Å²) in [6, 6.07) is 4.50. The topological polar surface area (TPSA) is 67.1 Å². The fourth-order valence-electron chi connectivity index (χ4n) is 2.47. The zero-order chi connectivity index (χ0) is 13.7. The Balaban J connectivity index is 1.96. The highest BCUT2D eigenvalue weighted by Gasteiger charge is 2.16. The minimum absolute atomic E-state index is 0.0612. The van der Waals surface area contributed by atoms with E-state index in [0.29, 0.717) is 11.3 Å². The molecule has 2 amide bonds. The zero-order valence-electron chi connectivity index (χ0n) is 10.9. The van der Waals surface area contributed by atoms with Crippen LogP contribution in [0, 0.1) is 5.82 Å². The molecule has 0 spiro atoms. The van der Waals surface area contributed by atoms with Crippen LogP contribution < -0.4 is 16.4 Å². The maximum atomic E-state index is 13.5. The molecule has 1 aromatic carbocycles. The molecule has 5 heteroatoms. The summed E-state index contributed by atoms with van der Waals surface area (Å²) in [5.41, 5.74) is 6.27. The van der Waals surface area contributed by atoms with Crippen LogP contribution in [0.3, 0.4) is 0 Å². The molecule has 4 nitrogen and oxygen atoms in total. The highest BCUT2D eigenvalue weighted by molar-refractivity contribution is 5.90. The molecule has 19 heavy (non-hydrogen) atoms. The number of nitrogens with two attached hydrogens (primary N) is 1. The number of rotatable bonds is 3. The molecule has 1 saturated carbocycles. The fourth-order valence-corrected chi connectivity index (χ4v) is 2.47. The number of hydrogen-bond acceptors (Lipinski definition) is 2. The Labute approximate surface area is 112 Å². The highest BCUT2D eigenvalue weighted by atomic mass is 19.1. The average Bonchev–Trinajstić information content (AvgIpc) is 2.40. The number of nitrogens with one attached hydrogen (secondary N) is 2. The smallest absolute Gasteiger partial charge is 0.319 e. The zero-order valence-corrected chi connectivity index (χ0v) is 10.9. The molecular formula is C14H20FN3O. The molecule has 0 radical (unpaired) electrons. The normalized spacial score (nSPS) is 16.1. The van der Waals surface area contributed by atoms with Crippen LogP contribution in [0.2, 0.25) is 0 Å². The molecule has 104 valence electrons. The third-order valence-corrected chi connectivity index (χ3v) is 3.51. The van der Waals surface area contributed by atoms with E-state index in [1.807, 2.05) is 0 Å². The van der Waals surface area contributed by atoms with Crippen LogP contribution in [0.4, 0.5) is 14.9 Å². The second kappa shape index (κ2) is 6.52. The largest absolute Gasteiger partial charge is 0.335 e. The molecule has 0 atom stereocenters. The summed E-state index contributed by atoms with van der Waals surface area (Å²) < 4.78 is 13.5. The average molecular weight is 265 g/mol. The number of halogens is 1. The molecule has 4 N–H and O–H groups in total. The van der Waals surface area contributed by atoms with E-state index < -0.39 is 5.82 Å². The van der Waals surface area contributed by atoms with Gasteiger partial charge in [-0.1, -0.05) is 25.3 Å². The molecule has 2 rings (SSSR count). The van der Waals surface area contributed by atoms with Gasteiger partial charge in [0.25, 0.3) is 0 Å². The van der Waals surface area contributed by atoms with Crippen LogP contribution >= 0.6 is 0 Å². The molecule has 1 aliphatic rings. The third kappa shape index (κ3) is 3.67. The van der Waals surface area contributed by atoms with Crippen LogP contribution in [-0.2, 0) is 6.54 Å². The van der Waals surface area contributed by atoms with Gasteiger partial charge in [-0.25, -0.2) is 9.18 Å². The van der Waals surface area contributed by atoms with E-state index in [4.69, 9.17) is 5.73 Å². The van der Waals surface area contributed by atoms with Gasteiger partial charge in [-0.15, -0.1) is 0 Å². The first kappa shape index (κ1) is 13.8. The minimum atomic E-state index is -0.391. The summed E-state index contributed by atoms with van der Waals surface area (Å²) in [4.78, 5) is 11.9. The first-order valence-corrected chi connectivity index (χ1v) is 6.75. The lowest BCUT2D eigenvalue weighted by atomic mass is 9.96. The van der Waals surface area contributed by atoms with Crippen molar-refractivity contribution >= 4 is 11.7 Å². The molecule has 0 aliphatic heterocycles. The molecule has 0 saturated heterocycles. The van der Waals surface area contributed by atoms with E-state index in [1.165, 1.54) is 12.5 Å². The maximum Gasteiger partial charge on any atom is 0.319 e. The van der Waals surface area contributed by atoms with Gasteiger partial charge in [0.2, 0.25) is 0 Å². The fraction of sp³-hybridized carbons (Fsp3) is 0.500. The minimum Gasteiger partial charge on any atom is -0.335 e. The van der Waals surface area contributed by atoms with Crippen molar-refractivity contribution < 1.29 is 9.18 Å². The number of hydrogen-bond donors (Lipinski definition) is 3. The Hall–Kier alpha value is -1.62. The van der Waals surface area contributed by atoms with Crippen molar-refractivity contribution in [2.75, 3.05) is 5.32 Å². The lowest BCUT2D eigenvalue weighted by Gasteiger charge is -2.23. The third-order valence-electron chi connectivity index (χ3n) is 3.51. The van der Waals surface area contributed by atoms with Gasteiger partial charge in [0.05, 0.1) is 0 Å². The summed E-state index contributed by atoms with van der Waals surface area (Å²) in [6.07, 6.45) is 5.57. The van der Waals surface area contributed by atoms with Crippen molar-refractivity contribution in [3.63, 3.8) is 0 Å². The number of anilines is 1. The molecule has 0 bridgehead atoms. The van der Waals surface area contributed by atoms with E-state index in [9.17, 15) is 9.18 Å². The van der Waals surface area contributed by atoms with E-state index in [0.717, 1.165) is 25.7 Å². The van der Waals surface area contributed by atoms with E-state index in [2.05, 4.69) is 10.6 Å². The van der Waals surface area contributed by atoms with Crippen molar-refractivity contribution in [1.29, 1.82) is 0 Å². The van der Waals surface area contributed by atoms with E-state index in [1.54, 1.807) is 12.1 Å². The molecule has 1 aliphatic carbocycles. The highest BCUT2D eigenvalue weighted by Crippen LogP contribution is 2.20. The predicted molar refractivity (Wildman–Crippen MR) is 73.3 cm³/mol. The van der Waals surface area contributed by atoms with Crippen LogP contribution in [0.25, 0.3) is 0 Å². The second-order valence-corrected chi connectivity index (χ2v) is 4.90. The van der Waals surface area contributed by atoms with E-state index in [-0.39, 0.29) is 18.6 Å². The van der Waals surface area contributed by atoms with Crippen molar-refractivity contribution in [3.8, 4) is 0 Å². The van der Waals surface area contributed by atoms with Crippen LogP contribution in [0.15, 0.2) is 18.2 Å². The predicted octanol–water partition coefficient (Wildman–Crippen LogP) is 2.74. The Kier molecular flexibility index (Phi) is 4.74. The summed E-state index contributed by atoms with van der Waals surface area (Å²) in [7, 11) is 0. The summed E-state index contributed by atoms with van der Waals surface area (Å²) in [5, 5.41) is 5.60. The van der Waals surface area contributed by atoms with Gasteiger partial charge in [-0.05, 0) is 25.0 Å². The number of carbonyl (C=O) groups excluding carboxylic acids is 1. The Bertz CT molecular complexity index is 444. The lowest BCUT2D eigenvalue weighted by Crippen LogP contribution is -2.39. The monoisotopic (exact) mass is 265 g/mol. The van der Waals surface area contributed by atoms with Crippen LogP contribution in [0.5, 0.6) is 0 Å².